The number of nitrogens with one attached hydrogen (secondary N) is 1. The molecule has 0 aliphatic carbocycles. The summed E-state index contributed by atoms with van der Waals surface area (Å²) in [6, 6.07) is 21.9. The summed E-state index contributed by atoms with van der Waals surface area (Å²) in [5.74, 6) is -2.22. The van der Waals surface area contributed by atoms with Crippen LogP contribution in [0.2, 0.25) is 0 Å². The highest BCUT2D eigenvalue weighted by Crippen LogP contribution is 2.23. The van der Waals surface area contributed by atoms with Crippen molar-refractivity contribution in [2.75, 3.05) is 26.2 Å². The molecule has 3 aromatic rings. The van der Waals surface area contributed by atoms with Gasteiger partial charge in [0.25, 0.3) is 5.91 Å². The standard InChI is InChI=1S/C32H34N4O7S/c37-29-15-14-28(36(29)22-23-8-3-1-4-9-23)30(38)33-27(32(40)41)21-24-10-7-11-25(20-24)31(39)34-16-18-35(19-17-34)44(42,43)26-12-5-2-6-13-26/h1-13,20,27-28H,14-19,21-22H2,(H,33,38)(H,40,41)/t27-,28-/m0/s1. The van der Waals surface area contributed by atoms with E-state index in [1.807, 2.05) is 30.3 Å². The van der Waals surface area contributed by atoms with E-state index >= 15 is 0 Å². The molecule has 0 bridgehead atoms. The highest BCUT2D eigenvalue weighted by atomic mass is 32.2. The van der Waals surface area contributed by atoms with Crippen molar-refractivity contribution >= 4 is 33.7 Å². The van der Waals surface area contributed by atoms with Gasteiger partial charge in [-0.15, -0.1) is 0 Å². The van der Waals surface area contributed by atoms with Crippen LogP contribution in [0.1, 0.15) is 34.3 Å². The first kappa shape index (κ1) is 30.9. The fourth-order valence-electron chi connectivity index (χ4n) is 5.58. The zero-order chi connectivity index (χ0) is 31.3. The molecule has 44 heavy (non-hydrogen) atoms. The third-order valence-corrected chi connectivity index (χ3v) is 9.87. The number of benzene rings is 3. The molecular weight excluding hydrogens is 584 g/mol. The van der Waals surface area contributed by atoms with E-state index in [1.54, 1.807) is 59.5 Å². The van der Waals surface area contributed by atoms with E-state index < -0.39 is 34.0 Å². The minimum Gasteiger partial charge on any atom is -0.480 e. The van der Waals surface area contributed by atoms with Crippen molar-refractivity contribution in [2.45, 2.75) is 42.8 Å². The topological polar surface area (TPSA) is 144 Å². The van der Waals surface area contributed by atoms with Crippen molar-refractivity contribution in [1.82, 2.24) is 19.4 Å². The quantitative estimate of drug-likeness (QED) is 0.354. The Bertz CT molecular complexity index is 1620. The molecule has 0 saturated carbocycles. The molecule has 2 saturated heterocycles. The van der Waals surface area contributed by atoms with Gasteiger partial charge in [0.1, 0.15) is 12.1 Å². The maximum Gasteiger partial charge on any atom is 0.326 e. The summed E-state index contributed by atoms with van der Waals surface area (Å²) < 4.78 is 27.2. The van der Waals surface area contributed by atoms with Gasteiger partial charge in [0.15, 0.2) is 0 Å². The van der Waals surface area contributed by atoms with Crippen LogP contribution in [0.3, 0.4) is 0 Å². The largest absolute Gasteiger partial charge is 0.480 e. The summed E-state index contributed by atoms with van der Waals surface area (Å²) in [7, 11) is -3.66. The zero-order valence-electron chi connectivity index (χ0n) is 24.0. The summed E-state index contributed by atoms with van der Waals surface area (Å²) >= 11 is 0. The van der Waals surface area contributed by atoms with E-state index in [0.717, 1.165) is 5.56 Å². The van der Waals surface area contributed by atoms with Gasteiger partial charge in [-0.1, -0.05) is 60.7 Å². The fraction of sp³-hybridized carbons (Fsp3) is 0.312. The van der Waals surface area contributed by atoms with Gasteiger partial charge in [-0.25, -0.2) is 13.2 Å². The molecule has 2 aliphatic heterocycles. The average molecular weight is 619 g/mol. The Kier molecular flexibility index (Phi) is 9.40. The summed E-state index contributed by atoms with van der Waals surface area (Å²) in [5.41, 5.74) is 1.75. The van der Waals surface area contributed by atoms with Gasteiger partial charge < -0.3 is 20.2 Å². The number of nitrogens with zero attached hydrogens (tertiary/aromatic N) is 3. The predicted octanol–water partition coefficient (Wildman–Crippen LogP) is 2.14. The maximum atomic E-state index is 13.3. The second-order valence-corrected chi connectivity index (χ2v) is 12.8. The highest BCUT2D eigenvalue weighted by Gasteiger charge is 2.37. The normalized spacial score (nSPS) is 18.2. The number of carbonyl (C=O) groups is 4. The number of aliphatic carboxylic acids is 1. The third kappa shape index (κ3) is 6.98. The lowest BCUT2D eigenvalue weighted by Crippen LogP contribution is -2.51. The number of amides is 3. The van der Waals surface area contributed by atoms with E-state index in [0.29, 0.717) is 17.5 Å². The summed E-state index contributed by atoms with van der Waals surface area (Å²) in [6.45, 7) is 0.985. The Morgan fingerprint density at radius 1 is 0.864 bits per heavy atom. The first-order chi connectivity index (χ1) is 21.1. The molecule has 230 valence electrons. The van der Waals surface area contributed by atoms with Crippen LogP contribution in [0.5, 0.6) is 0 Å². The molecule has 3 amide bonds. The molecule has 0 spiro atoms. The van der Waals surface area contributed by atoms with Crippen LogP contribution < -0.4 is 5.32 Å². The van der Waals surface area contributed by atoms with E-state index in [4.69, 9.17) is 0 Å². The van der Waals surface area contributed by atoms with Crippen LogP contribution >= 0.6 is 0 Å². The summed E-state index contributed by atoms with van der Waals surface area (Å²) in [6.07, 6.45) is 0.442. The van der Waals surface area contributed by atoms with Gasteiger partial charge in [0.2, 0.25) is 21.8 Å². The van der Waals surface area contributed by atoms with Crippen molar-refractivity contribution in [3.63, 3.8) is 0 Å². The van der Waals surface area contributed by atoms with Gasteiger partial charge in [-0.2, -0.15) is 4.31 Å². The molecule has 0 unspecified atom stereocenters. The van der Waals surface area contributed by atoms with E-state index in [1.165, 1.54) is 9.21 Å². The molecule has 11 nitrogen and oxygen atoms in total. The molecule has 2 atom stereocenters. The smallest absolute Gasteiger partial charge is 0.326 e. The van der Waals surface area contributed by atoms with Crippen molar-refractivity contribution in [3.8, 4) is 0 Å². The molecule has 2 aliphatic rings. The van der Waals surface area contributed by atoms with E-state index in [-0.39, 0.29) is 62.3 Å². The number of rotatable bonds is 10. The zero-order valence-corrected chi connectivity index (χ0v) is 24.9. The van der Waals surface area contributed by atoms with Crippen molar-refractivity contribution in [2.24, 2.45) is 0 Å². The first-order valence-electron chi connectivity index (χ1n) is 14.4. The lowest BCUT2D eigenvalue weighted by molar-refractivity contribution is -0.143. The van der Waals surface area contributed by atoms with Crippen molar-refractivity contribution in [1.29, 1.82) is 0 Å². The van der Waals surface area contributed by atoms with Crippen molar-refractivity contribution in [3.05, 3.63) is 102 Å². The third-order valence-electron chi connectivity index (χ3n) is 7.96. The van der Waals surface area contributed by atoms with E-state index in [2.05, 4.69) is 5.32 Å². The first-order valence-corrected chi connectivity index (χ1v) is 15.9. The van der Waals surface area contributed by atoms with Gasteiger partial charge in [0.05, 0.1) is 4.90 Å². The molecule has 2 N–H and O–H groups in total. The van der Waals surface area contributed by atoms with Crippen molar-refractivity contribution < 1.29 is 32.7 Å². The Hall–Kier alpha value is -4.55. The molecule has 2 heterocycles. The molecule has 12 heteroatoms. The number of carbonyl (C=O) groups excluding carboxylic acids is 3. The minimum absolute atomic E-state index is 0.0648. The van der Waals surface area contributed by atoms with Gasteiger partial charge >= 0.3 is 5.97 Å². The number of carboxylic acids is 1. The van der Waals surface area contributed by atoms with Crippen LogP contribution in [0.15, 0.2) is 89.8 Å². The second-order valence-electron chi connectivity index (χ2n) is 10.9. The fourth-order valence-corrected chi connectivity index (χ4v) is 7.02. The van der Waals surface area contributed by atoms with Gasteiger partial charge in [-0.3, -0.25) is 14.4 Å². The lowest BCUT2D eigenvalue weighted by atomic mass is 10.0. The Morgan fingerprint density at radius 2 is 1.50 bits per heavy atom. The highest BCUT2D eigenvalue weighted by molar-refractivity contribution is 7.89. The Balaban J connectivity index is 1.21. The molecule has 5 rings (SSSR count). The number of likely N-dealkylation sites (tertiary alicyclic amines) is 1. The number of hydrogen-bond donors (Lipinski definition) is 2. The SMILES string of the molecule is O=C(O)[C@H](Cc1cccc(C(=O)N2CCN(S(=O)(=O)c3ccccc3)CC2)c1)NC(=O)[C@@H]1CCC(=O)N1Cc1ccccc1. The van der Waals surface area contributed by atoms with Crippen LogP contribution in [-0.2, 0) is 37.4 Å². The van der Waals surface area contributed by atoms with Crippen LogP contribution in [0.4, 0.5) is 0 Å². The number of hydrogen-bond acceptors (Lipinski definition) is 6. The van der Waals surface area contributed by atoms with Crippen LogP contribution in [0.25, 0.3) is 0 Å². The average Bonchev–Trinajstić information content (AvgIpc) is 3.41. The Morgan fingerprint density at radius 3 is 2.16 bits per heavy atom. The minimum atomic E-state index is -3.66. The number of carboxylic acid groups (broad SMARTS) is 1. The number of piperazine rings is 1. The summed E-state index contributed by atoms with van der Waals surface area (Å²) in [4.78, 5) is 54.4. The Labute approximate surface area is 256 Å². The monoisotopic (exact) mass is 618 g/mol. The maximum absolute atomic E-state index is 13.3. The number of sulfonamides is 1. The molecule has 0 aromatic heterocycles. The van der Waals surface area contributed by atoms with Gasteiger partial charge in [-0.05, 0) is 41.8 Å². The van der Waals surface area contributed by atoms with Crippen LogP contribution in [0, 0.1) is 0 Å². The lowest BCUT2D eigenvalue weighted by Gasteiger charge is -2.34. The molecule has 2 fully saturated rings. The van der Waals surface area contributed by atoms with Gasteiger partial charge in [0, 0.05) is 51.1 Å². The molecule has 3 aromatic carbocycles. The molecular formula is C32H34N4O7S. The second kappa shape index (κ2) is 13.4. The van der Waals surface area contributed by atoms with Crippen LogP contribution in [-0.4, -0.2) is 89.6 Å². The molecule has 0 radical (unpaired) electrons. The predicted molar refractivity (Wildman–Crippen MR) is 161 cm³/mol. The summed E-state index contributed by atoms with van der Waals surface area (Å²) in [5, 5.41) is 12.5. The van der Waals surface area contributed by atoms with E-state index in [9.17, 15) is 32.7 Å².